The summed E-state index contributed by atoms with van der Waals surface area (Å²) in [5.74, 6) is 0.628. The van der Waals surface area contributed by atoms with Gasteiger partial charge in [0.2, 0.25) is 0 Å². The van der Waals surface area contributed by atoms with Crippen molar-refractivity contribution in [3.05, 3.63) is 23.8 Å². The van der Waals surface area contributed by atoms with E-state index in [2.05, 4.69) is 20.8 Å². The van der Waals surface area contributed by atoms with Crippen molar-refractivity contribution in [1.29, 1.82) is 0 Å². The summed E-state index contributed by atoms with van der Waals surface area (Å²) in [6.45, 7) is 7.58. The summed E-state index contributed by atoms with van der Waals surface area (Å²) in [5, 5.41) is 11.7. The number of methoxy groups -OCH3 is 1. The predicted octanol–water partition coefficient (Wildman–Crippen LogP) is 2.16. The van der Waals surface area contributed by atoms with E-state index in [1.54, 1.807) is 13.2 Å². The van der Waals surface area contributed by atoms with Gasteiger partial charge < -0.3 is 19.3 Å². The first-order valence-corrected chi connectivity index (χ1v) is 7.57. The minimum Gasteiger partial charge on any atom is -0.504 e. The number of quaternary nitrogens is 1. The number of benzene rings is 1. The van der Waals surface area contributed by atoms with Gasteiger partial charge in [-0.3, -0.25) is 5.32 Å². The molecule has 0 aliphatic rings. The third kappa shape index (κ3) is 5.91. The number of rotatable bonds is 10. The van der Waals surface area contributed by atoms with Gasteiger partial charge in [-0.25, -0.2) is 0 Å². The van der Waals surface area contributed by atoms with E-state index < -0.39 is 0 Å². The number of ether oxygens (including phenoxy) is 3. The van der Waals surface area contributed by atoms with Crippen molar-refractivity contribution in [3.8, 4) is 11.5 Å². The maximum atomic E-state index is 9.65. The molecule has 0 heterocycles. The van der Waals surface area contributed by atoms with Crippen LogP contribution in [0.4, 0.5) is 0 Å². The van der Waals surface area contributed by atoms with E-state index in [9.17, 15) is 5.11 Å². The molecule has 1 aromatic rings. The fourth-order valence-corrected chi connectivity index (χ4v) is 1.95. The zero-order valence-electron chi connectivity index (χ0n) is 13.5. The molecule has 0 saturated carbocycles. The van der Waals surface area contributed by atoms with Crippen molar-refractivity contribution in [2.75, 3.05) is 20.3 Å². The van der Waals surface area contributed by atoms with Crippen LogP contribution in [0.15, 0.2) is 18.2 Å². The Bertz CT molecular complexity index is 403. The quantitative estimate of drug-likeness (QED) is 0.650. The van der Waals surface area contributed by atoms with Gasteiger partial charge >= 0.3 is 6.41 Å². The zero-order valence-corrected chi connectivity index (χ0v) is 13.5. The molecule has 5 heteroatoms. The molecule has 120 valence electrons. The van der Waals surface area contributed by atoms with E-state index in [1.807, 2.05) is 17.4 Å². The molecule has 3 N–H and O–H groups in total. The van der Waals surface area contributed by atoms with Crippen molar-refractivity contribution in [1.82, 2.24) is 0 Å². The second kappa shape index (κ2) is 9.60. The Morgan fingerprint density at radius 2 is 1.76 bits per heavy atom. The molecule has 21 heavy (non-hydrogen) atoms. The van der Waals surface area contributed by atoms with Gasteiger partial charge in [0, 0.05) is 5.56 Å². The standard InChI is InChI=1S/C16H27NO4/c1-5-9-20-16(21-10-6-2)17-12(3)13-7-8-14(18)15(11-13)19-4/h7-8,11-12,16-18H,5-6,9-10H2,1-4H3/p+1/t12-/m0/s1. The van der Waals surface area contributed by atoms with Gasteiger partial charge in [0.1, 0.15) is 6.04 Å². The molecule has 0 aromatic heterocycles. The Morgan fingerprint density at radius 1 is 1.14 bits per heavy atom. The lowest BCUT2D eigenvalue weighted by molar-refractivity contribution is -0.796. The molecule has 0 aliphatic carbocycles. The Balaban J connectivity index is 2.68. The number of phenolic OH excluding ortho intramolecular Hbond substituents is 1. The minimum absolute atomic E-state index is 0.137. The van der Waals surface area contributed by atoms with E-state index in [4.69, 9.17) is 14.2 Å². The van der Waals surface area contributed by atoms with Crippen LogP contribution in [0.1, 0.15) is 45.2 Å². The molecule has 1 rings (SSSR count). The molecule has 0 aliphatic heterocycles. The molecule has 0 bridgehead atoms. The lowest BCUT2D eigenvalue weighted by Crippen LogP contribution is -2.91. The van der Waals surface area contributed by atoms with Crippen LogP contribution < -0.4 is 10.1 Å². The Hall–Kier alpha value is -1.30. The monoisotopic (exact) mass is 298 g/mol. The van der Waals surface area contributed by atoms with Crippen LogP contribution in [-0.2, 0) is 9.47 Å². The first-order valence-electron chi connectivity index (χ1n) is 7.57. The second-order valence-corrected chi connectivity index (χ2v) is 5.02. The molecule has 0 saturated heterocycles. The highest BCUT2D eigenvalue weighted by molar-refractivity contribution is 5.42. The summed E-state index contributed by atoms with van der Waals surface area (Å²) in [5.41, 5.74) is 1.05. The fourth-order valence-electron chi connectivity index (χ4n) is 1.95. The Kier molecular flexibility index (Phi) is 8.12. The molecule has 0 radical (unpaired) electrons. The third-order valence-electron chi connectivity index (χ3n) is 3.15. The third-order valence-corrected chi connectivity index (χ3v) is 3.15. The molecule has 1 atom stereocenters. The fraction of sp³-hybridized carbons (Fsp3) is 0.625. The van der Waals surface area contributed by atoms with E-state index in [0.29, 0.717) is 19.0 Å². The van der Waals surface area contributed by atoms with Crippen molar-refractivity contribution in [2.24, 2.45) is 0 Å². The largest absolute Gasteiger partial charge is 0.504 e. The van der Waals surface area contributed by atoms with Crippen LogP contribution >= 0.6 is 0 Å². The maximum absolute atomic E-state index is 9.65. The van der Waals surface area contributed by atoms with E-state index >= 15 is 0 Å². The van der Waals surface area contributed by atoms with Gasteiger partial charge in [-0.2, -0.15) is 0 Å². The minimum atomic E-state index is -0.306. The molecule has 0 amide bonds. The number of aromatic hydroxyl groups is 1. The second-order valence-electron chi connectivity index (χ2n) is 5.02. The van der Waals surface area contributed by atoms with E-state index in [1.165, 1.54) is 0 Å². The zero-order chi connectivity index (χ0) is 15.7. The van der Waals surface area contributed by atoms with Crippen LogP contribution in [0.5, 0.6) is 11.5 Å². The van der Waals surface area contributed by atoms with Crippen LogP contribution in [-0.4, -0.2) is 31.8 Å². The van der Waals surface area contributed by atoms with Crippen LogP contribution in [0.25, 0.3) is 0 Å². The Morgan fingerprint density at radius 3 is 2.29 bits per heavy atom. The van der Waals surface area contributed by atoms with Crippen molar-refractivity contribution in [2.45, 2.75) is 46.1 Å². The van der Waals surface area contributed by atoms with E-state index in [0.717, 1.165) is 18.4 Å². The van der Waals surface area contributed by atoms with Gasteiger partial charge in [0.15, 0.2) is 11.5 Å². The first kappa shape index (κ1) is 17.8. The topological polar surface area (TPSA) is 64.5 Å². The van der Waals surface area contributed by atoms with Gasteiger partial charge in [0.05, 0.1) is 20.3 Å². The maximum Gasteiger partial charge on any atom is 0.306 e. The molecule has 1 aromatic carbocycles. The number of hydrogen-bond acceptors (Lipinski definition) is 4. The summed E-state index contributed by atoms with van der Waals surface area (Å²) < 4.78 is 16.6. The van der Waals surface area contributed by atoms with Crippen molar-refractivity contribution in [3.63, 3.8) is 0 Å². The summed E-state index contributed by atoms with van der Waals surface area (Å²) in [6, 6.07) is 5.51. The molecule has 0 spiro atoms. The predicted molar refractivity (Wildman–Crippen MR) is 81.3 cm³/mol. The average molecular weight is 298 g/mol. The normalized spacial score (nSPS) is 12.6. The summed E-state index contributed by atoms with van der Waals surface area (Å²) in [6.07, 6.45) is 1.61. The van der Waals surface area contributed by atoms with E-state index in [-0.39, 0.29) is 18.2 Å². The van der Waals surface area contributed by atoms with Gasteiger partial charge in [-0.15, -0.1) is 0 Å². The first-order chi connectivity index (χ1) is 10.1. The van der Waals surface area contributed by atoms with Gasteiger partial charge in [-0.1, -0.05) is 13.8 Å². The SMILES string of the molecule is CCCOC([NH2+][C@@H](C)c1ccc(O)c(OC)c1)OCCC. The molecular formula is C16H28NO4+. The molecule has 0 fully saturated rings. The summed E-state index contributed by atoms with van der Waals surface area (Å²) in [7, 11) is 1.55. The number of hydrogen-bond donors (Lipinski definition) is 2. The smallest absolute Gasteiger partial charge is 0.306 e. The highest BCUT2D eigenvalue weighted by Crippen LogP contribution is 2.27. The van der Waals surface area contributed by atoms with Crippen molar-refractivity contribution >= 4 is 0 Å². The van der Waals surface area contributed by atoms with Crippen LogP contribution in [0, 0.1) is 0 Å². The van der Waals surface area contributed by atoms with Gasteiger partial charge in [0.25, 0.3) is 0 Å². The summed E-state index contributed by atoms with van der Waals surface area (Å²) in [4.78, 5) is 0. The van der Waals surface area contributed by atoms with Gasteiger partial charge in [-0.05, 0) is 38.0 Å². The molecule has 5 nitrogen and oxygen atoms in total. The lowest BCUT2D eigenvalue weighted by atomic mass is 10.1. The Labute approximate surface area is 127 Å². The van der Waals surface area contributed by atoms with Crippen LogP contribution in [0.2, 0.25) is 0 Å². The molecule has 0 unspecified atom stereocenters. The lowest BCUT2D eigenvalue weighted by Gasteiger charge is -2.20. The summed E-state index contributed by atoms with van der Waals surface area (Å²) >= 11 is 0. The van der Waals surface area contributed by atoms with Crippen LogP contribution in [0.3, 0.4) is 0 Å². The number of phenols is 1. The van der Waals surface area contributed by atoms with Crippen molar-refractivity contribution < 1.29 is 24.6 Å². The highest BCUT2D eigenvalue weighted by Gasteiger charge is 2.19. The number of nitrogens with two attached hydrogens (primary N) is 1. The highest BCUT2D eigenvalue weighted by atomic mass is 16.7. The average Bonchev–Trinajstić information content (AvgIpc) is 2.50. The molecular weight excluding hydrogens is 270 g/mol.